The number of fused-ring (bicyclic) bond motifs is 10. The maximum atomic E-state index is 2.71. The molecule has 9 atom stereocenters. The largest absolute Gasteiger partial charge is 0.335 e. The molecule has 0 radical (unpaired) electrons. The molecule has 0 N–H and O–H groups in total. The molecule has 6 aliphatic rings. The van der Waals surface area contributed by atoms with Crippen molar-refractivity contribution in [2.24, 2.45) is 17.8 Å². The van der Waals surface area contributed by atoms with Crippen molar-refractivity contribution in [2.75, 3.05) is 14.7 Å². The molecule has 0 bridgehead atoms. The molecule has 3 aliphatic carbocycles. The first-order valence-electron chi connectivity index (χ1n) is 32.3. The Labute approximate surface area is 506 Å². The third-order valence-corrected chi connectivity index (χ3v) is 23.3. The highest BCUT2D eigenvalue weighted by molar-refractivity contribution is 6.32. The van der Waals surface area contributed by atoms with Gasteiger partial charge in [-0.15, -0.1) is 0 Å². The molecule has 0 amide bonds. The second-order valence-corrected chi connectivity index (χ2v) is 27.9. The first-order valence-corrected chi connectivity index (χ1v) is 32.3. The van der Waals surface area contributed by atoms with E-state index in [9.17, 15) is 0 Å². The number of hydrogen-bond donors (Lipinski definition) is 0. The van der Waals surface area contributed by atoms with Crippen LogP contribution in [-0.4, -0.2) is 16.6 Å². The fourth-order valence-corrected chi connectivity index (χ4v) is 19.8. The maximum absolute atomic E-state index is 2.71. The van der Waals surface area contributed by atoms with Gasteiger partial charge in [-0.3, -0.25) is 0 Å². The van der Waals surface area contributed by atoms with Crippen molar-refractivity contribution in [3.63, 3.8) is 0 Å². The minimum atomic E-state index is -0.000299. The van der Waals surface area contributed by atoms with Crippen LogP contribution in [0, 0.1) is 17.8 Å². The Kier molecular flexibility index (Phi) is 10.7. The van der Waals surface area contributed by atoms with Gasteiger partial charge in [0, 0.05) is 68.5 Å². The summed E-state index contributed by atoms with van der Waals surface area (Å²) in [4.78, 5) is 8.12. The number of para-hydroxylation sites is 3. The Balaban J connectivity index is 0.923. The summed E-state index contributed by atoms with van der Waals surface area (Å²) in [6.45, 7) is 15.2. The van der Waals surface area contributed by atoms with Crippen molar-refractivity contribution in [3.05, 3.63) is 241 Å². The minimum Gasteiger partial charge on any atom is -0.335 e. The molecule has 86 heavy (non-hydrogen) atoms. The van der Waals surface area contributed by atoms with Gasteiger partial charge in [0.15, 0.2) is 0 Å². The van der Waals surface area contributed by atoms with Crippen LogP contribution in [-0.2, 0) is 0 Å². The molecule has 12 aromatic carbocycles. The minimum absolute atomic E-state index is 0.000299. The van der Waals surface area contributed by atoms with Gasteiger partial charge >= 0.3 is 0 Å². The first-order chi connectivity index (χ1) is 42.0. The van der Waals surface area contributed by atoms with Gasteiger partial charge in [0.05, 0.1) is 0 Å². The fraction of sp³-hybridized carbons (Fsp3) is 0.253. The molecule has 3 heteroatoms. The second-order valence-electron chi connectivity index (χ2n) is 27.9. The monoisotopic (exact) mass is 1110 g/mol. The van der Waals surface area contributed by atoms with E-state index in [2.05, 4.69) is 281 Å². The van der Waals surface area contributed by atoms with E-state index < -0.39 is 0 Å². The van der Waals surface area contributed by atoms with E-state index in [1.807, 2.05) is 0 Å². The number of hydrogen-bond acceptors (Lipinski definition) is 3. The fourth-order valence-electron chi connectivity index (χ4n) is 19.8. The highest BCUT2D eigenvalue weighted by Crippen LogP contribution is 2.65. The summed E-state index contributed by atoms with van der Waals surface area (Å²) in [6.07, 6.45) is 7.21. The van der Waals surface area contributed by atoms with Crippen molar-refractivity contribution in [1.29, 1.82) is 0 Å². The molecule has 3 aliphatic heterocycles. The average Bonchev–Trinajstić information content (AvgIpc) is 1.30. The lowest BCUT2D eigenvalue weighted by Gasteiger charge is -2.38. The Hall–Kier alpha value is -8.66. The summed E-state index contributed by atoms with van der Waals surface area (Å²) in [5, 5.41) is 10.5. The highest BCUT2D eigenvalue weighted by Gasteiger charge is 2.57. The quantitative estimate of drug-likeness (QED) is 0.147. The molecule has 0 spiro atoms. The van der Waals surface area contributed by atoms with E-state index in [-0.39, 0.29) is 16.6 Å². The lowest BCUT2D eigenvalue weighted by Crippen LogP contribution is -2.40. The molecule has 12 aromatic rings. The Bertz CT molecular complexity index is 4610. The summed E-state index contributed by atoms with van der Waals surface area (Å²) in [5.41, 5.74) is 22.9. The van der Waals surface area contributed by atoms with E-state index >= 15 is 0 Å². The van der Waals surface area contributed by atoms with Gasteiger partial charge in [0.2, 0.25) is 0 Å². The van der Waals surface area contributed by atoms with Gasteiger partial charge in [-0.1, -0.05) is 160 Å². The molecular formula is C83H73N3. The normalized spacial score (nSPS) is 26.0. The SMILES string of the molecule is CC1CCC2(C)C1c1cc(-c3cc(-c4ccc5c(c4)C4C(C)CCC4(C)N5c4ccccc4)c4ccc5c(-c6cccc7ccccc67)cc(-c6ccc7c(c6)C6C(C)CCC6(C)N7c6ccccc6)c6ccc3c4c65)ccc1N2c1ccccc1. The Morgan fingerprint density at radius 3 is 1.03 bits per heavy atom. The Morgan fingerprint density at radius 1 is 0.302 bits per heavy atom. The third kappa shape index (κ3) is 6.81. The van der Waals surface area contributed by atoms with Gasteiger partial charge in [-0.05, 0) is 266 Å². The van der Waals surface area contributed by atoms with Crippen molar-refractivity contribution < 1.29 is 0 Å². The summed E-state index contributed by atoms with van der Waals surface area (Å²) in [5.74, 6) is 2.99. The number of nitrogens with zero attached hydrogens (tertiary/aromatic N) is 3. The molecule has 9 unspecified atom stereocenters. The summed E-state index contributed by atoms with van der Waals surface area (Å²) in [7, 11) is 0. The number of benzene rings is 12. The highest BCUT2D eigenvalue weighted by atomic mass is 15.3. The summed E-state index contributed by atoms with van der Waals surface area (Å²) in [6, 6.07) is 87.6. The van der Waals surface area contributed by atoms with Gasteiger partial charge in [0.1, 0.15) is 0 Å². The van der Waals surface area contributed by atoms with Crippen LogP contribution in [0.1, 0.15) is 115 Å². The Morgan fingerprint density at radius 2 is 0.640 bits per heavy atom. The van der Waals surface area contributed by atoms with Crippen molar-refractivity contribution in [2.45, 2.75) is 114 Å². The van der Waals surface area contributed by atoms with Crippen molar-refractivity contribution in [3.8, 4) is 44.5 Å². The van der Waals surface area contributed by atoms with E-state index in [4.69, 9.17) is 0 Å². The zero-order chi connectivity index (χ0) is 57.5. The van der Waals surface area contributed by atoms with E-state index in [0.717, 1.165) is 0 Å². The molecule has 3 nitrogen and oxygen atoms in total. The molecule has 18 rings (SSSR count). The maximum Gasteiger partial charge on any atom is 0.0495 e. The molecule has 0 saturated heterocycles. The lowest BCUT2D eigenvalue weighted by molar-refractivity contribution is 0.414. The molecule has 3 saturated carbocycles. The predicted molar refractivity (Wildman–Crippen MR) is 364 cm³/mol. The summed E-state index contributed by atoms with van der Waals surface area (Å²) < 4.78 is 0. The molecule has 420 valence electrons. The van der Waals surface area contributed by atoms with E-state index in [0.29, 0.717) is 35.5 Å². The average molecular weight is 1110 g/mol. The predicted octanol–water partition coefficient (Wildman–Crippen LogP) is 22.7. The van der Waals surface area contributed by atoms with Crippen LogP contribution in [0.15, 0.2) is 224 Å². The topological polar surface area (TPSA) is 9.72 Å². The standard InChI is InChI=1S/C83H73N3/c1-50-39-42-81(4)78(50)70-45-54(29-36-73(70)84(81)57-21-10-7-11-22-57)66-48-67(55-30-37-74-71(46-55)79-51(2)40-43-82(79,5)85(74)58-23-12-8-13-24-58)63-34-35-65-69(61-28-18-20-53-19-16-17-27-60(53)61)49-68(64-33-32-62(66)76(63)77(64)65)56-31-38-75-72(47-56)80-52(3)41-44-83(80,6)86(75)59-25-14-9-15-26-59/h7-38,45-52,78-80H,39-44H2,1-6H3. The second kappa shape index (κ2) is 18.2. The summed E-state index contributed by atoms with van der Waals surface area (Å²) >= 11 is 0. The zero-order valence-corrected chi connectivity index (χ0v) is 50.4. The van der Waals surface area contributed by atoms with Crippen LogP contribution >= 0.6 is 0 Å². The molecule has 0 aromatic heterocycles. The first kappa shape index (κ1) is 50.6. The van der Waals surface area contributed by atoms with Gasteiger partial charge in [0.25, 0.3) is 0 Å². The van der Waals surface area contributed by atoms with Crippen molar-refractivity contribution >= 4 is 77.2 Å². The smallest absolute Gasteiger partial charge is 0.0495 e. The molecular weight excluding hydrogens is 1040 g/mol. The molecule has 3 fully saturated rings. The lowest BCUT2D eigenvalue weighted by atomic mass is 9.79. The van der Waals surface area contributed by atoms with Crippen LogP contribution in [0.4, 0.5) is 34.1 Å². The van der Waals surface area contributed by atoms with Crippen LogP contribution in [0.25, 0.3) is 87.6 Å². The number of rotatable bonds is 7. The van der Waals surface area contributed by atoms with E-state index in [1.165, 1.54) is 177 Å². The van der Waals surface area contributed by atoms with Gasteiger partial charge in [-0.25, -0.2) is 0 Å². The van der Waals surface area contributed by atoms with Crippen LogP contribution in [0.2, 0.25) is 0 Å². The zero-order valence-electron chi connectivity index (χ0n) is 50.4. The van der Waals surface area contributed by atoms with E-state index in [1.54, 1.807) is 0 Å². The van der Waals surface area contributed by atoms with Crippen molar-refractivity contribution in [1.82, 2.24) is 0 Å². The molecule has 3 heterocycles. The number of anilines is 6. The third-order valence-electron chi connectivity index (χ3n) is 23.3. The van der Waals surface area contributed by atoms with Crippen LogP contribution < -0.4 is 14.7 Å². The van der Waals surface area contributed by atoms with Crippen LogP contribution in [0.3, 0.4) is 0 Å². The van der Waals surface area contributed by atoms with Crippen LogP contribution in [0.5, 0.6) is 0 Å². The van der Waals surface area contributed by atoms with Gasteiger partial charge in [-0.2, -0.15) is 0 Å². The van der Waals surface area contributed by atoms with Gasteiger partial charge < -0.3 is 14.7 Å².